The molecule has 0 nitrogen and oxygen atoms in total. The molecule has 7 heavy (non-hydrogen) atoms. The predicted octanol–water partition coefficient (Wildman–Crippen LogP) is -7.11. The van der Waals surface area contributed by atoms with E-state index in [1.165, 1.54) is 0 Å². The summed E-state index contributed by atoms with van der Waals surface area (Å²) in [4.78, 5) is 0. The number of rotatable bonds is 0. The first kappa shape index (κ1) is 70.1. The Bertz CT molecular complexity index is 4.14. The zero-order valence-corrected chi connectivity index (χ0v) is 2.06. The molecule has 0 aromatic heterocycles. The van der Waals surface area contributed by atoms with E-state index >= 15 is 0 Å². The fourth-order valence-corrected chi connectivity index (χ4v) is 0. The molecule has 0 atom stereocenters. The molecule has 0 rings (SSSR count). The molecule has 0 saturated carbocycles. The van der Waals surface area contributed by atoms with Gasteiger partial charge in [0.2, 0.25) is 0 Å². The Morgan fingerprint density at radius 2 is 0.286 bits per heavy atom. The average molecular weight is 228 g/mol. The Kier molecular flexibility index (Phi) is 515. The second-order valence-electron chi connectivity index (χ2n) is 0. The Balaban J connectivity index is 0. The third-order valence-electron chi connectivity index (χ3n) is 0. The summed E-state index contributed by atoms with van der Waals surface area (Å²) in [7, 11) is 0. The van der Waals surface area contributed by atoms with Crippen LogP contribution >= 0.6 is 0 Å². The second kappa shape index (κ2) is 51.5. The van der Waals surface area contributed by atoms with Gasteiger partial charge in [0.1, 0.15) is 0 Å². The molecule has 0 aliphatic carbocycles. The van der Waals surface area contributed by atoms with Crippen molar-refractivity contribution in [2.75, 3.05) is 0 Å². The minimum atomic E-state index is 0. The van der Waals surface area contributed by atoms with E-state index in [1.807, 2.05) is 0 Å². The van der Waals surface area contributed by atoms with Crippen molar-refractivity contribution in [1.82, 2.24) is 0 Å². The summed E-state index contributed by atoms with van der Waals surface area (Å²) in [5.41, 5.74) is 0. The van der Waals surface area contributed by atoms with Crippen LogP contribution in [0.25, 0.3) is 0 Å². The van der Waals surface area contributed by atoms with E-state index < -0.39 is 0 Å². The van der Waals surface area contributed by atoms with E-state index in [1.54, 1.807) is 0 Å². The largest absolute Gasteiger partial charge is 0.187 e. The summed E-state index contributed by atoms with van der Waals surface area (Å²) in [6, 6.07) is 0. The second-order valence-corrected chi connectivity index (χ2v) is 0. The van der Waals surface area contributed by atoms with Crippen LogP contribution in [0.1, 0.15) is 0 Å². The summed E-state index contributed by atoms with van der Waals surface area (Å²) >= 11 is 0. The smallest absolute Gasteiger partial charge is 0 e. The van der Waals surface area contributed by atoms with E-state index in [4.69, 9.17) is 0 Å². The molecule has 0 fully saturated rings. The van der Waals surface area contributed by atoms with Crippen LogP contribution in [-0.2, 0) is 21.7 Å². The van der Waals surface area contributed by atoms with Crippen molar-refractivity contribution in [3.63, 3.8) is 0 Å². The minimum absolute atomic E-state index is 0. The maximum absolute atomic E-state index is 0. The predicted molar refractivity (Wildman–Crippen MR) is 59.6 cm³/mol. The first-order valence-electron chi connectivity index (χ1n) is 0. The van der Waals surface area contributed by atoms with E-state index in [-0.39, 0.29) is 126 Å². The van der Waals surface area contributed by atoms with Crippen LogP contribution in [0.3, 0.4) is 0 Å². The van der Waals surface area contributed by atoms with Crippen molar-refractivity contribution < 1.29 is 21.7 Å². The van der Waals surface area contributed by atoms with Gasteiger partial charge in [0.05, 0.1) is 0 Å². The maximum atomic E-state index is 0. The van der Waals surface area contributed by atoms with Crippen molar-refractivity contribution in [2.24, 2.45) is 0 Å². The molecule has 0 heterocycles. The Hall–Kier alpha value is 3.91. The molecule has 40 valence electrons. The topological polar surface area (TPSA) is 0 Å². The van der Waals surface area contributed by atoms with Crippen molar-refractivity contribution in [1.29, 1.82) is 0 Å². The fraction of sp³-hybridized carbons (Fsp3) is 0. The maximum Gasteiger partial charge on any atom is 0.187 e. The Labute approximate surface area is 124 Å². The molecule has 0 aliphatic heterocycles. The van der Waals surface area contributed by atoms with Gasteiger partial charge in [-0.3, -0.25) is 0 Å². The third kappa shape index (κ3) is 40.6. The molecule has 0 radical (unpaired) electrons. The van der Waals surface area contributed by atoms with Crippen molar-refractivity contribution in [2.45, 2.75) is 0 Å². The molecule has 0 amide bonds. The van der Waals surface area contributed by atoms with E-state index in [0.29, 0.717) is 0 Å². The van der Waals surface area contributed by atoms with Gasteiger partial charge < -0.3 is 0 Å². The summed E-state index contributed by atoms with van der Waals surface area (Å²) in [6.45, 7) is 0. The zero-order chi connectivity index (χ0) is 0. The summed E-state index contributed by atoms with van der Waals surface area (Å²) in [6.07, 6.45) is 0. The quantitative estimate of drug-likeness (QED) is 0.361. The first-order valence-corrected chi connectivity index (χ1v) is 0. The zero-order valence-electron chi connectivity index (χ0n) is 0.500. The van der Waals surface area contributed by atoms with E-state index in [0.717, 1.165) is 0 Å². The summed E-state index contributed by atoms with van der Waals surface area (Å²) < 4.78 is 0. The van der Waals surface area contributed by atoms with Crippen molar-refractivity contribution in [3.8, 4) is 0 Å². The molecule has 0 aromatic carbocycles. The van der Waals surface area contributed by atoms with Crippen LogP contribution in [0.4, 0.5) is 0 Å². The number of hydrogen-bond donors (Lipinski definition) is 0. The summed E-state index contributed by atoms with van der Waals surface area (Å²) in [5.74, 6) is 0. The van der Waals surface area contributed by atoms with Crippen LogP contribution in [0.15, 0.2) is 0 Å². The summed E-state index contributed by atoms with van der Waals surface area (Å²) in [5, 5.41) is 0. The van der Waals surface area contributed by atoms with Gasteiger partial charge in [-0.15, -0.1) is 0 Å². The van der Waals surface area contributed by atoms with Gasteiger partial charge in [-0.2, -0.15) is 0 Å². The standard InChI is InChI=1S/6Al.Ti.18H. The normalized spacial score (nSPS) is 0. The van der Waals surface area contributed by atoms with Crippen LogP contribution in [-0.4, -0.2) is 104 Å². The molecule has 0 spiro atoms. The third-order valence-corrected chi connectivity index (χ3v) is 0. The molecular weight excluding hydrogens is 210 g/mol. The van der Waals surface area contributed by atoms with Gasteiger partial charge in [0, 0.05) is 21.7 Å². The van der Waals surface area contributed by atoms with Crippen molar-refractivity contribution in [3.05, 3.63) is 0 Å². The van der Waals surface area contributed by atoms with Crippen LogP contribution < -0.4 is 0 Å². The van der Waals surface area contributed by atoms with Gasteiger partial charge in [-0.05, 0) is 0 Å². The van der Waals surface area contributed by atoms with Gasteiger partial charge in [0.15, 0.2) is 104 Å². The first-order chi connectivity index (χ1) is 0. The van der Waals surface area contributed by atoms with Crippen molar-refractivity contribution >= 4 is 104 Å². The number of hydrogen-bond acceptors (Lipinski definition) is 0. The van der Waals surface area contributed by atoms with Crippen LogP contribution in [0, 0.1) is 0 Å². The van der Waals surface area contributed by atoms with E-state index in [9.17, 15) is 0 Å². The molecule has 7 heteroatoms. The molecule has 0 saturated heterocycles. The molecule has 0 aliphatic rings. The molecular formula is H18Al6Ti. The monoisotopic (exact) mass is 228 g/mol. The Morgan fingerprint density at radius 3 is 0.286 bits per heavy atom. The van der Waals surface area contributed by atoms with Crippen LogP contribution in [0.2, 0.25) is 0 Å². The molecule has 0 unspecified atom stereocenters. The van der Waals surface area contributed by atoms with Crippen LogP contribution in [0.5, 0.6) is 0 Å². The van der Waals surface area contributed by atoms with Gasteiger partial charge in [-0.1, -0.05) is 0 Å². The fourth-order valence-electron chi connectivity index (χ4n) is 0. The van der Waals surface area contributed by atoms with Gasteiger partial charge >= 0.3 is 0 Å². The molecule has 0 N–H and O–H groups in total. The van der Waals surface area contributed by atoms with Gasteiger partial charge in [0.25, 0.3) is 0 Å². The molecule has 0 aromatic rings. The average Bonchev–Trinajstić information content (AvgIpc) is 0. The SMILES string of the molecule is [AlH3].[AlH3].[AlH3].[AlH3].[AlH3].[AlH3].[Ti]. The van der Waals surface area contributed by atoms with E-state index in [2.05, 4.69) is 0 Å². The molecule has 0 bridgehead atoms. The minimum Gasteiger partial charge on any atom is 0 e. The van der Waals surface area contributed by atoms with Gasteiger partial charge in [-0.25, -0.2) is 0 Å². The Morgan fingerprint density at radius 1 is 0.286 bits per heavy atom.